The van der Waals surface area contributed by atoms with Crippen LogP contribution < -0.4 is 0 Å². The number of phenols is 1. The Labute approximate surface area is 76.0 Å². The zero-order valence-corrected chi connectivity index (χ0v) is 7.69. The van der Waals surface area contributed by atoms with Crippen molar-refractivity contribution in [3.8, 4) is 5.75 Å². The number of rotatable bonds is 2. The van der Waals surface area contributed by atoms with Crippen LogP contribution in [0.15, 0.2) is 6.07 Å². The minimum absolute atomic E-state index is 0.0266. The van der Waals surface area contributed by atoms with Crippen molar-refractivity contribution in [2.45, 2.75) is 26.7 Å². The molecule has 0 atom stereocenters. The molecule has 1 rings (SSSR count). The fourth-order valence-electron chi connectivity index (χ4n) is 1.25. The Morgan fingerprint density at radius 3 is 2.54 bits per heavy atom. The molecule has 0 aliphatic carbocycles. The fourth-order valence-corrected chi connectivity index (χ4v) is 1.25. The molecular formula is C10H12F2O. The van der Waals surface area contributed by atoms with E-state index in [2.05, 4.69) is 0 Å². The molecule has 0 spiro atoms. The second kappa shape index (κ2) is 3.73. The summed E-state index contributed by atoms with van der Waals surface area (Å²) in [7, 11) is 0. The van der Waals surface area contributed by atoms with E-state index >= 15 is 0 Å². The highest BCUT2D eigenvalue weighted by Gasteiger charge is 2.13. The second-order valence-electron chi connectivity index (χ2n) is 3.05. The van der Waals surface area contributed by atoms with Gasteiger partial charge in [0.2, 0.25) is 0 Å². The first-order valence-electron chi connectivity index (χ1n) is 4.24. The van der Waals surface area contributed by atoms with Gasteiger partial charge in [0.1, 0.15) is 17.4 Å². The van der Waals surface area contributed by atoms with Gasteiger partial charge in [0, 0.05) is 17.2 Å². The third-order valence-corrected chi connectivity index (χ3v) is 2.03. The van der Waals surface area contributed by atoms with Crippen LogP contribution in [0.25, 0.3) is 0 Å². The molecule has 3 heteroatoms. The molecule has 1 N–H and O–H groups in total. The summed E-state index contributed by atoms with van der Waals surface area (Å²) in [5, 5.41) is 9.25. The minimum atomic E-state index is -0.699. The van der Waals surface area contributed by atoms with Crippen LogP contribution in [0, 0.1) is 18.6 Å². The number of benzene rings is 1. The van der Waals surface area contributed by atoms with Crippen molar-refractivity contribution in [1.82, 2.24) is 0 Å². The number of hydrogen-bond acceptors (Lipinski definition) is 1. The molecular weight excluding hydrogens is 174 g/mol. The summed E-state index contributed by atoms with van der Waals surface area (Å²) >= 11 is 0. The van der Waals surface area contributed by atoms with Crippen molar-refractivity contribution in [3.63, 3.8) is 0 Å². The second-order valence-corrected chi connectivity index (χ2v) is 3.05. The third-order valence-electron chi connectivity index (χ3n) is 2.03. The smallest absolute Gasteiger partial charge is 0.135 e. The fraction of sp³-hybridized carbons (Fsp3) is 0.400. The summed E-state index contributed by atoms with van der Waals surface area (Å²) in [6.07, 6.45) is 1.15. The SMILES string of the molecule is CCCc1c(O)cc(F)c(C)c1F. The van der Waals surface area contributed by atoms with Crippen LogP contribution in [0.5, 0.6) is 5.75 Å². The van der Waals surface area contributed by atoms with Crippen LogP contribution in [0.2, 0.25) is 0 Å². The highest BCUT2D eigenvalue weighted by atomic mass is 19.1. The van der Waals surface area contributed by atoms with Crippen LogP contribution in [0.3, 0.4) is 0 Å². The van der Waals surface area contributed by atoms with E-state index in [1.54, 1.807) is 0 Å². The summed E-state index contributed by atoms with van der Waals surface area (Å²) in [6, 6.07) is 0.962. The quantitative estimate of drug-likeness (QED) is 0.752. The summed E-state index contributed by atoms with van der Waals surface area (Å²) in [5.41, 5.74) is 0.183. The van der Waals surface area contributed by atoms with Gasteiger partial charge in [-0.25, -0.2) is 8.78 Å². The van der Waals surface area contributed by atoms with Gasteiger partial charge >= 0.3 is 0 Å². The summed E-state index contributed by atoms with van der Waals surface area (Å²) < 4.78 is 26.2. The highest BCUT2D eigenvalue weighted by molar-refractivity contribution is 5.38. The van der Waals surface area contributed by atoms with E-state index in [1.165, 1.54) is 6.92 Å². The zero-order valence-electron chi connectivity index (χ0n) is 7.69. The van der Waals surface area contributed by atoms with Gasteiger partial charge in [-0.05, 0) is 13.3 Å². The normalized spacial score (nSPS) is 10.5. The van der Waals surface area contributed by atoms with E-state index < -0.39 is 11.6 Å². The summed E-state index contributed by atoms with van der Waals surface area (Å²) in [4.78, 5) is 0. The first-order valence-corrected chi connectivity index (χ1v) is 4.24. The van der Waals surface area contributed by atoms with E-state index in [0.29, 0.717) is 6.42 Å². The van der Waals surface area contributed by atoms with Crippen molar-refractivity contribution in [1.29, 1.82) is 0 Å². The van der Waals surface area contributed by atoms with Crippen molar-refractivity contribution in [2.75, 3.05) is 0 Å². The Morgan fingerprint density at radius 2 is 2.00 bits per heavy atom. The van der Waals surface area contributed by atoms with Gasteiger partial charge in [-0.2, -0.15) is 0 Å². The lowest BCUT2D eigenvalue weighted by atomic mass is 10.0. The van der Waals surface area contributed by atoms with E-state index in [1.807, 2.05) is 6.92 Å². The molecule has 0 saturated heterocycles. The van der Waals surface area contributed by atoms with Crippen molar-refractivity contribution < 1.29 is 13.9 Å². The predicted molar refractivity (Wildman–Crippen MR) is 46.8 cm³/mol. The summed E-state index contributed by atoms with van der Waals surface area (Å²) in [5.74, 6) is -1.61. The lowest BCUT2D eigenvalue weighted by Gasteiger charge is -2.07. The Balaban J connectivity index is 3.26. The van der Waals surface area contributed by atoms with E-state index in [-0.39, 0.29) is 16.9 Å². The van der Waals surface area contributed by atoms with Crippen LogP contribution in [-0.2, 0) is 6.42 Å². The molecule has 72 valence electrons. The van der Waals surface area contributed by atoms with Gasteiger partial charge in [0.25, 0.3) is 0 Å². The standard InChI is InChI=1S/C10H12F2O/c1-3-4-7-9(13)5-8(11)6(2)10(7)12/h5,13H,3-4H2,1-2H3. The maximum atomic E-state index is 13.3. The van der Waals surface area contributed by atoms with Crippen molar-refractivity contribution in [3.05, 3.63) is 28.8 Å². The molecule has 0 aromatic heterocycles. The Hall–Kier alpha value is -1.12. The van der Waals surface area contributed by atoms with E-state index in [4.69, 9.17) is 0 Å². The number of hydrogen-bond donors (Lipinski definition) is 1. The predicted octanol–water partition coefficient (Wildman–Crippen LogP) is 2.93. The molecule has 0 fully saturated rings. The maximum absolute atomic E-state index is 13.3. The van der Waals surface area contributed by atoms with E-state index in [0.717, 1.165) is 12.5 Å². The van der Waals surface area contributed by atoms with Gasteiger partial charge in [0.05, 0.1) is 0 Å². The zero-order chi connectivity index (χ0) is 10.0. The van der Waals surface area contributed by atoms with Crippen LogP contribution in [-0.4, -0.2) is 5.11 Å². The van der Waals surface area contributed by atoms with Crippen molar-refractivity contribution >= 4 is 0 Å². The van der Waals surface area contributed by atoms with Crippen molar-refractivity contribution in [2.24, 2.45) is 0 Å². The molecule has 13 heavy (non-hydrogen) atoms. The van der Waals surface area contributed by atoms with Gasteiger partial charge in [-0.1, -0.05) is 13.3 Å². The highest BCUT2D eigenvalue weighted by Crippen LogP contribution is 2.26. The molecule has 0 aliphatic heterocycles. The third kappa shape index (κ3) is 1.79. The number of aromatic hydroxyl groups is 1. The number of halogens is 2. The molecule has 0 aliphatic rings. The van der Waals surface area contributed by atoms with Crippen LogP contribution in [0.4, 0.5) is 8.78 Å². The minimum Gasteiger partial charge on any atom is -0.507 e. The molecule has 0 amide bonds. The average molecular weight is 186 g/mol. The first kappa shape index (κ1) is 9.96. The number of phenolic OH excluding ortho intramolecular Hbond substituents is 1. The largest absolute Gasteiger partial charge is 0.507 e. The van der Waals surface area contributed by atoms with Gasteiger partial charge in [0.15, 0.2) is 0 Å². The lowest BCUT2D eigenvalue weighted by molar-refractivity contribution is 0.446. The monoisotopic (exact) mass is 186 g/mol. The molecule has 0 heterocycles. The molecule has 0 bridgehead atoms. The topological polar surface area (TPSA) is 20.2 Å². The van der Waals surface area contributed by atoms with Gasteiger partial charge in [-0.3, -0.25) is 0 Å². The molecule has 0 saturated carbocycles. The molecule has 0 radical (unpaired) electrons. The molecule has 1 nitrogen and oxygen atoms in total. The Kier molecular flexibility index (Phi) is 2.86. The van der Waals surface area contributed by atoms with Gasteiger partial charge < -0.3 is 5.11 Å². The van der Waals surface area contributed by atoms with Crippen LogP contribution >= 0.6 is 0 Å². The Morgan fingerprint density at radius 1 is 1.38 bits per heavy atom. The van der Waals surface area contributed by atoms with Crippen LogP contribution in [0.1, 0.15) is 24.5 Å². The molecule has 1 aromatic rings. The first-order chi connectivity index (χ1) is 6.07. The molecule has 0 unspecified atom stereocenters. The lowest BCUT2D eigenvalue weighted by Crippen LogP contribution is -1.97. The maximum Gasteiger partial charge on any atom is 0.135 e. The Bertz CT molecular complexity index is 321. The summed E-state index contributed by atoms with van der Waals surface area (Å²) in [6.45, 7) is 3.24. The van der Waals surface area contributed by atoms with E-state index in [9.17, 15) is 13.9 Å². The van der Waals surface area contributed by atoms with Gasteiger partial charge in [-0.15, -0.1) is 0 Å². The molecule has 1 aromatic carbocycles. The average Bonchev–Trinajstić information content (AvgIpc) is 2.09.